The maximum atomic E-state index is 12.2. The summed E-state index contributed by atoms with van der Waals surface area (Å²) in [6.07, 6.45) is 3.82. The highest BCUT2D eigenvalue weighted by Gasteiger charge is 2.27. The quantitative estimate of drug-likeness (QED) is 0.430. The molecule has 6 heteroatoms. The lowest BCUT2D eigenvalue weighted by molar-refractivity contribution is 0.0462. The topological polar surface area (TPSA) is 78.5 Å². The van der Waals surface area contributed by atoms with Crippen LogP contribution in [0.25, 0.3) is 22.2 Å². The zero-order valence-electron chi connectivity index (χ0n) is 19.4. The first-order chi connectivity index (χ1) is 15.3. The number of nitrogens with zero attached hydrogens (tertiary/aromatic N) is 1. The summed E-state index contributed by atoms with van der Waals surface area (Å²) in [5, 5.41) is 3.86. The Morgan fingerprint density at radius 3 is 2.47 bits per heavy atom. The van der Waals surface area contributed by atoms with E-state index in [1.54, 1.807) is 0 Å². The Bertz CT molecular complexity index is 1110. The number of ether oxygens (including phenoxy) is 2. The van der Waals surface area contributed by atoms with Gasteiger partial charge in [-0.3, -0.25) is 5.32 Å². The van der Waals surface area contributed by atoms with E-state index in [1.165, 1.54) is 6.42 Å². The summed E-state index contributed by atoms with van der Waals surface area (Å²) in [5.41, 5.74) is 10.8. The van der Waals surface area contributed by atoms with Gasteiger partial charge < -0.3 is 19.8 Å². The fourth-order valence-electron chi connectivity index (χ4n) is 4.07. The number of anilines is 2. The maximum Gasteiger partial charge on any atom is 0.412 e. The number of nitrogens with two attached hydrogens (primary N) is 1. The van der Waals surface area contributed by atoms with Crippen molar-refractivity contribution in [3.8, 4) is 17.0 Å². The Morgan fingerprint density at radius 2 is 1.88 bits per heavy atom. The molecule has 1 aliphatic rings. The van der Waals surface area contributed by atoms with E-state index in [0.29, 0.717) is 18.3 Å². The van der Waals surface area contributed by atoms with E-state index >= 15 is 0 Å². The summed E-state index contributed by atoms with van der Waals surface area (Å²) in [4.78, 5) is 12.2. The van der Waals surface area contributed by atoms with Gasteiger partial charge in [0.15, 0.2) is 0 Å². The molecule has 0 spiro atoms. The zero-order valence-corrected chi connectivity index (χ0v) is 19.4. The molecule has 6 nitrogen and oxygen atoms in total. The summed E-state index contributed by atoms with van der Waals surface area (Å²) < 4.78 is 13.6. The van der Waals surface area contributed by atoms with Gasteiger partial charge in [-0.2, -0.15) is 0 Å². The molecular weight excluding hydrogens is 402 g/mol. The zero-order chi connectivity index (χ0) is 22.9. The lowest BCUT2D eigenvalue weighted by atomic mass is 9.92. The molecule has 0 aliphatic heterocycles. The van der Waals surface area contributed by atoms with Gasteiger partial charge in [0.2, 0.25) is 0 Å². The molecule has 1 heterocycles. The highest BCUT2D eigenvalue weighted by molar-refractivity contribution is 6.01. The fourth-order valence-corrected chi connectivity index (χ4v) is 4.07. The molecule has 0 saturated heterocycles. The SMILES string of the molecule is CCOc1ccc2c(N)c(-c3ccc(NC(=O)OC(C)(C)CC)cc3)n(C3CCC3)c2c1. The van der Waals surface area contributed by atoms with E-state index in [-0.39, 0.29) is 0 Å². The summed E-state index contributed by atoms with van der Waals surface area (Å²) in [7, 11) is 0. The summed E-state index contributed by atoms with van der Waals surface area (Å²) in [6.45, 7) is 8.41. The van der Waals surface area contributed by atoms with Crippen LogP contribution >= 0.6 is 0 Å². The largest absolute Gasteiger partial charge is 0.494 e. The number of nitrogens with one attached hydrogen (secondary N) is 1. The third-order valence-corrected chi connectivity index (χ3v) is 6.39. The average molecular weight is 436 g/mol. The van der Waals surface area contributed by atoms with Crippen LogP contribution in [0.15, 0.2) is 42.5 Å². The smallest absolute Gasteiger partial charge is 0.412 e. The van der Waals surface area contributed by atoms with Crippen LogP contribution in [0.5, 0.6) is 5.75 Å². The molecule has 1 saturated carbocycles. The van der Waals surface area contributed by atoms with E-state index in [0.717, 1.165) is 52.9 Å². The number of hydrogen-bond acceptors (Lipinski definition) is 4. The molecule has 2 aromatic carbocycles. The van der Waals surface area contributed by atoms with Gasteiger partial charge in [-0.25, -0.2) is 4.79 Å². The van der Waals surface area contributed by atoms with Gasteiger partial charge in [-0.1, -0.05) is 19.1 Å². The number of amides is 1. The molecule has 1 fully saturated rings. The van der Waals surface area contributed by atoms with Crippen molar-refractivity contribution in [1.82, 2.24) is 4.57 Å². The number of carbonyl (C=O) groups is 1. The van der Waals surface area contributed by atoms with Crippen molar-refractivity contribution in [2.45, 2.75) is 65.0 Å². The normalized spacial score (nSPS) is 14.2. The highest BCUT2D eigenvalue weighted by atomic mass is 16.6. The third kappa shape index (κ3) is 4.27. The molecular formula is C26H33N3O3. The molecule has 4 rings (SSSR count). The lowest BCUT2D eigenvalue weighted by Crippen LogP contribution is -2.29. The van der Waals surface area contributed by atoms with Crippen molar-refractivity contribution in [3.05, 3.63) is 42.5 Å². The standard InChI is InChI=1S/C26H33N3O3/c1-5-26(3,4)32-25(30)28-18-12-10-17(11-13-18)24-23(27)21-15-14-20(31-6-2)16-22(21)29(24)19-8-7-9-19/h10-16,19H,5-9,27H2,1-4H3,(H,28,30). The first-order valence-corrected chi connectivity index (χ1v) is 11.5. The molecule has 0 radical (unpaired) electrons. The van der Waals surface area contributed by atoms with Crippen molar-refractivity contribution >= 4 is 28.4 Å². The van der Waals surface area contributed by atoms with Crippen LogP contribution < -0.4 is 15.8 Å². The van der Waals surface area contributed by atoms with Crippen LogP contribution in [0.2, 0.25) is 0 Å². The first kappa shape index (κ1) is 22.1. The molecule has 170 valence electrons. The second kappa shape index (κ2) is 8.77. The predicted molar refractivity (Wildman–Crippen MR) is 130 cm³/mol. The molecule has 0 atom stereocenters. The number of hydrogen-bond donors (Lipinski definition) is 2. The number of nitrogen functional groups attached to an aromatic ring is 1. The van der Waals surface area contributed by atoms with Gasteiger partial charge in [0.25, 0.3) is 0 Å². The Kier molecular flexibility index (Phi) is 6.04. The van der Waals surface area contributed by atoms with Crippen molar-refractivity contribution in [2.75, 3.05) is 17.7 Å². The Balaban J connectivity index is 1.67. The van der Waals surface area contributed by atoms with Crippen molar-refractivity contribution < 1.29 is 14.3 Å². The second-order valence-corrected chi connectivity index (χ2v) is 9.03. The summed E-state index contributed by atoms with van der Waals surface area (Å²) >= 11 is 0. The molecule has 1 aromatic heterocycles. The minimum Gasteiger partial charge on any atom is -0.494 e. The van der Waals surface area contributed by atoms with Gasteiger partial charge in [-0.15, -0.1) is 0 Å². The summed E-state index contributed by atoms with van der Waals surface area (Å²) in [5.74, 6) is 0.859. The maximum absolute atomic E-state index is 12.2. The summed E-state index contributed by atoms with van der Waals surface area (Å²) in [6, 6.07) is 14.4. The van der Waals surface area contributed by atoms with Crippen LogP contribution in [0, 0.1) is 0 Å². The van der Waals surface area contributed by atoms with Crippen molar-refractivity contribution in [3.63, 3.8) is 0 Å². The number of aromatic nitrogens is 1. The Morgan fingerprint density at radius 1 is 1.16 bits per heavy atom. The van der Waals surface area contributed by atoms with Crippen LogP contribution in [-0.4, -0.2) is 22.9 Å². The predicted octanol–water partition coefficient (Wildman–Crippen LogP) is 6.75. The van der Waals surface area contributed by atoms with E-state index in [9.17, 15) is 4.79 Å². The molecule has 3 N–H and O–H groups in total. The first-order valence-electron chi connectivity index (χ1n) is 11.5. The minimum atomic E-state index is -0.497. The van der Waals surface area contributed by atoms with Gasteiger partial charge in [0, 0.05) is 28.7 Å². The average Bonchev–Trinajstić information content (AvgIpc) is 2.99. The fraction of sp³-hybridized carbons (Fsp3) is 0.423. The molecule has 1 amide bonds. The number of benzene rings is 2. The second-order valence-electron chi connectivity index (χ2n) is 9.03. The number of fused-ring (bicyclic) bond motifs is 1. The highest BCUT2D eigenvalue weighted by Crippen LogP contribution is 2.44. The van der Waals surface area contributed by atoms with E-state index in [1.807, 2.05) is 58.0 Å². The minimum absolute atomic E-state index is 0.436. The van der Waals surface area contributed by atoms with Crippen LogP contribution in [-0.2, 0) is 4.74 Å². The van der Waals surface area contributed by atoms with E-state index in [2.05, 4.69) is 22.0 Å². The van der Waals surface area contributed by atoms with Gasteiger partial charge >= 0.3 is 6.09 Å². The molecule has 0 bridgehead atoms. The number of carbonyl (C=O) groups excluding carboxylic acids is 1. The number of rotatable bonds is 7. The van der Waals surface area contributed by atoms with Gasteiger partial charge in [0.1, 0.15) is 11.4 Å². The van der Waals surface area contributed by atoms with Gasteiger partial charge in [0.05, 0.1) is 23.5 Å². The van der Waals surface area contributed by atoms with Crippen LogP contribution in [0.3, 0.4) is 0 Å². The third-order valence-electron chi connectivity index (χ3n) is 6.39. The monoisotopic (exact) mass is 435 g/mol. The van der Waals surface area contributed by atoms with Gasteiger partial charge in [-0.05, 0) is 70.7 Å². The Hall–Kier alpha value is -3.15. The molecule has 32 heavy (non-hydrogen) atoms. The molecule has 3 aromatic rings. The molecule has 0 unspecified atom stereocenters. The van der Waals surface area contributed by atoms with Crippen LogP contribution in [0.1, 0.15) is 59.4 Å². The Labute approximate surface area is 189 Å². The lowest BCUT2D eigenvalue weighted by Gasteiger charge is -2.30. The van der Waals surface area contributed by atoms with Crippen molar-refractivity contribution in [2.24, 2.45) is 0 Å². The van der Waals surface area contributed by atoms with E-state index in [4.69, 9.17) is 15.2 Å². The van der Waals surface area contributed by atoms with E-state index < -0.39 is 11.7 Å². The van der Waals surface area contributed by atoms with Crippen molar-refractivity contribution in [1.29, 1.82) is 0 Å². The molecule has 1 aliphatic carbocycles. The van der Waals surface area contributed by atoms with Crippen LogP contribution in [0.4, 0.5) is 16.2 Å².